The lowest BCUT2D eigenvalue weighted by atomic mass is 9.77. The third kappa shape index (κ3) is 2.18. The van der Waals surface area contributed by atoms with Crippen molar-refractivity contribution in [2.45, 2.75) is 32.1 Å². The molecule has 0 radical (unpaired) electrons. The molecule has 3 aliphatic rings. The summed E-state index contributed by atoms with van der Waals surface area (Å²) < 4.78 is 11.2. The van der Waals surface area contributed by atoms with Gasteiger partial charge in [0.15, 0.2) is 0 Å². The SMILES string of the molecule is CCOC(=O)[C@H]1[C@H]2C(=O)N(Cc3ccc(C)cc3)C[C@@]23C=C[C@H]1O3. The van der Waals surface area contributed by atoms with E-state index in [2.05, 4.69) is 0 Å². The predicted molar refractivity (Wildman–Crippen MR) is 87.0 cm³/mol. The highest BCUT2D eigenvalue weighted by Gasteiger charge is 2.67. The summed E-state index contributed by atoms with van der Waals surface area (Å²) in [6.07, 6.45) is 3.53. The van der Waals surface area contributed by atoms with E-state index in [-0.39, 0.29) is 18.0 Å². The third-order valence-corrected chi connectivity index (χ3v) is 5.23. The summed E-state index contributed by atoms with van der Waals surface area (Å²) in [5, 5.41) is 0. The van der Waals surface area contributed by atoms with Crippen LogP contribution in [0.4, 0.5) is 0 Å². The number of fused-ring (bicyclic) bond motifs is 1. The number of nitrogens with zero attached hydrogens (tertiary/aromatic N) is 1. The summed E-state index contributed by atoms with van der Waals surface area (Å²) in [5.41, 5.74) is 1.61. The molecule has 0 N–H and O–H groups in total. The smallest absolute Gasteiger partial charge is 0.312 e. The normalized spacial score (nSPS) is 33.2. The van der Waals surface area contributed by atoms with E-state index in [9.17, 15) is 9.59 Å². The number of ether oxygens (including phenoxy) is 2. The summed E-state index contributed by atoms with van der Waals surface area (Å²) in [5.74, 6) is -1.33. The second kappa shape index (κ2) is 5.45. The van der Waals surface area contributed by atoms with Gasteiger partial charge in [0.25, 0.3) is 0 Å². The van der Waals surface area contributed by atoms with Gasteiger partial charge in [-0.05, 0) is 19.4 Å². The van der Waals surface area contributed by atoms with Crippen molar-refractivity contribution < 1.29 is 19.1 Å². The molecular formula is C19H21NO4. The number of amides is 1. The Morgan fingerprint density at radius 1 is 1.38 bits per heavy atom. The molecule has 5 nitrogen and oxygen atoms in total. The Hall–Kier alpha value is -2.14. The quantitative estimate of drug-likeness (QED) is 0.625. The van der Waals surface area contributed by atoms with Crippen molar-refractivity contribution in [3.8, 4) is 0 Å². The predicted octanol–water partition coefficient (Wildman–Crippen LogP) is 1.84. The van der Waals surface area contributed by atoms with E-state index in [1.807, 2.05) is 43.3 Å². The first-order valence-electron chi connectivity index (χ1n) is 8.42. The number of likely N-dealkylation sites (tertiary alicyclic amines) is 1. The fraction of sp³-hybridized carbons (Fsp3) is 0.474. The Kier molecular flexibility index (Phi) is 3.49. The highest BCUT2D eigenvalue weighted by atomic mass is 16.6. The second-order valence-electron chi connectivity index (χ2n) is 6.83. The number of hydrogen-bond donors (Lipinski definition) is 0. The lowest BCUT2D eigenvalue weighted by Crippen LogP contribution is -2.40. The molecule has 0 aromatic heterocycles. The lowest BCUT2D eigenvalue weighted by molar-refractivity contribution is -0.153. The van der Waals surface area contributed by atoms with E-state index in [1.165, 1.54) is 5.56 Å². The van der Waals surface area contributed by atoms with Gasteiger partial charge in [-0.15, -0.1) is 0 Å². The molecule has 0 aliphatic carbocycles. The van der Waals surface area contributed by atoms with Crippen LogP contribution in [0.2, 0.25) is 0 Å². The van der Waals surface area contributed by atoms with E-state index in [1.54, 1.807) is 11.8 Å². The topological polar surface area (TPSA) is 55.8 Å². The maximum atomic E-state index is 13.0. The Labute approximate surface area is 141 Å². The van der Waals surface area contributed by atoms with Gasteiger partial charge in [0.1, 0.15) is 11.5 Å². The van der Waals surface area contributed by atoms with Gasteiger partial charge in [0, 0.05) is 6.54 Å². The van der Waals surface area contributed by atoms with Crippen LogP contribution in [0.1, 0.15) is 18.1 Å². The van der Waals surface area contributed by atoms with E-state index in [0.29, 0.717) is 19.7 Å². The average Bonchev–Trinajstić information content (AvgIpc) is 3.19. The minimum absolute atomic E-state index is 0.0134. The van der Waals surface area contributed by atoms with Gasteiger partial charge in [-0.2, -0.15) is 0 Å². The number of benzene rings is 1. The first-order valence-corrected chi connectivity index (χ1v) is 8.42. The summed E-state index contributed by atoms with van der Waals surface area (Å²) in [4.78, 5) is 27.1. The first-order chi connectivity index (χ1) is 11.5. The molecule has 126 valence electrons. The molecule has 2 saturated heterocycles. The Balaban J connectivity index is 1.58. The highest BCUT2D eigenvalue weighted by molar-refractivity contribution is 5.91. The van der Waals surface area contributed by atoms with Crippen molar-refractivity contribution in [2.24, 2.45) is 11.8 Å². The van der Waals surface area contributed by atoms with Crippen LogP contribution < -0.4 is 0 Å². The second-order valence-corrected chi connectivity index (χ2v) is 6.83. The van der Waals surface area contributed by atoms with E-state index in [0.717, 1.165) is 5.56 Å². The molecule has 0 saturated carbocycles. The van der Waals surface area contributed by atoms with Gasteiger partial charge < -0.3 is 14.4 Å². The largest absolute Gasteiger partial charge is 0.466 e. The molecule has 1 spiro atoms. The minimum Gasteiger partial charge on any atom is -0.466 e. The first kappa shape index (κ1) is 15.4. The Bertz CT molecular complexity index is 711. The van der Waals surface area contributed by atoms with Crippen LogP contribution in [-0.2, 0) is 25.6 Å². The molecule has 2 bridgehead atoms. The molecule has 1 aromatic carbocycles. The van der Waals surface area contributed by atoms with Crippen molar-refractivity contribution in [3.05, 3.63) is 47.5 Å². The summed E-state index contributed by atoms with van der Waals surface area (Å²) in [6.45, 7) is 5.15. The number of aryl methyl sites for hydroxylation is 1. The standard InChI is InChI=1S/C19H21NO4/c1-3-23-18(22)15-14-8-9-19(24-14)11-20(17(21)16(15)19)10-13-6-4-12(2)5-7-13/h4-9,14-16H,3,10-11H2,1-2H3/t14-,15-,16+,19+/m1/s1. The molecule has 1 amide bonds. The van der Waals surface area contributed by atoms with Crippen molar-refractivity contribution in [3.63, 3.8) is 0 Å². The minimum atomic E-state index is -0.663. The molecule has 0 unspecified atom stereocenters. The summed E-state index contributed by atoms with van der Waals surface area (Å²) in [7, 11) is 0. The van der Waals surface area contributed by atoms with Gasteiger partial charge in [-0.25, -0.2) is 0 Å². The molecule has 24 heavy (non-hydrogen) atoms. The van der Waals surface area contributed by atoms with Crippen LogP contribution in [0.3, 0.4) is 0 Å². The van der Waals surface area contributed by atoms with Gasteiger partial charge in [0.2, 0.25) is 5.91 Å². The molecule has 4 atom stereocenters. The maximum absolute atomic E-state index is 13.0. The average molecular weight is 327 g/mol. The summed E-state index contributed by atoms with van der Waals surface area (Å²) in [6, 6.07) is 8.15. The van der Waals surface area contributed by atoms with Crippen molar-refractivity contribution in [1.29, 1.82) is 0 Å². The van der Waals surface area contributed by atoms with E-state index >= 15 is 0 Å². The van der Waals surface area contributed by atoms with Gasteiger partial charge in [0.05, 0.1) is 25.2 Å². The van der Waals surface area contributed by atoms with Gasteiger partial charge >= 0.3 is 5.97 Å². The molecule has 4 rings (SSSR count). The fourth-order valence-electron chi connectivity index (χ4n) is 4.13. The third-order valence-electron chi connectivity index (χ3n) is 5.23. The monoisotopic (exact) mass is 327 g/mol. The molecule has 3 aliphatic heterocycles. The number of rotatable bonds is 4. The molecular weight excluding hydrogens is 306 g/mol. The van der Waals surface area contributed by atoms with Crippen LogP contribution >= 0.6 is 0 Å². The van der Waals surface area contributed by atoms with Crippen LogP contribution in [0.5, 0.6) is 0 Å². The molecule has 2 fully saturated rings. The molecule has 3 heterocycles. The zero-order chi connectivity index (χ0) is 16.9. The molecule has 1 aromatic rings. The van der Waals surface area contributed by atoms with Gasteiger partial charge in [-0.1, -0.05) is 42.0 Å². The van der Waals surface area contributed by atoms with E-state index < -0.39 is 17.4 Å². The van der Waals surface area contributed by atoms with E-state index in [4.69, 9.17) is 9.47 Å². The Morgan fingerprint density at radius 3 is 2.83 bits per heavy atom. The van der Waals surface area contributed by atoms with Crippen molar-refractivity contribution in [1.82, 2.24) is 4.90 Å². The van der Waals surface area contributed by atoms with Crippen molar-refractivity contribution in [2.75, 3.05) is 13.2 Å². The highest BCUT2D eigenvalue weighted by Crippen LogP contribution is 2.52. The van der Waals surface area contributed by atoms with Crippen LogP contribution in [0, 0.1) is 18.8 Å². The van der Waals surface area contributed by atoms with Crippen LogP contribution in [0.15, 0.2) is 36.4 Å². The number of carbonyl (C=O) groups is 2. The number of esters is 1. The summed E-state index contributed by atoms with van der Waals surface area (Å²) >= 11 is 0. The van der Waals surface area contributed by atoms with Crippen molar-refractivity contribution >= 4 is 11.9 Å². The van der Waals surface area contributed by atoms with Gasteiger partial charge in [-0.3, -0.25) is 9.59 Å². The Morgan fingerprint density at radius 2 is 2.12 bits per heavy atom. The van der Waals surface area contributed by atoms with Crippen LogP contribution in [-0.4, -0.2) is 41.6 Å². The molecule has 5 heteroatoms. The zero-order valence-electron chi connectivity index (χ0n) is 13.9. The zero-order valence-corrected chi connectivity index (χ0v) is 13.9. The number of carbonyl (C=O) groups excluding carboxylic acids is 2. The van der Waals surface area contributed by atoms with Crippen LogP contribution in [0.25, 0.3) is 0 Å². The maximum Gasteiger partial charge on any atom is 0.312 e. The fourth-order valence-corrected chi connectivity index (χ4v) is 4.13. The number of hydrogen-bond acceptors (Lipinski definition) is 4. The lowest BCUT2D eigenvalue weighted by Gasteiger charge is -2.22.